The predicted octanol–water partition coefficient (Wildman–Crippen LogP) is 4.56. The summed E-state index contributed by atoms with van der Waals surface area (Å²) < 4.78 is 31.9. The van der Waals surface area contributed by atoms with Gasteiger partial charge in [-0.15, -0.1) is 0 Å². The van der Waals surface area contributed by atoms with Gasteiger partial charge >= 0.3 is 0 Å². The van der Waals surface area contributed by atoms with Crippen LogP contribution in [0.5, 0.6) is 5.75 Å². The Balaban J connectivity index is 0.764. The largest absolute Gasteiger partial charge is 0.496 e. The maximum absolute atomic E-state index is 13.4. The van der Waals surface area contributed by atoms with E-state index in [1.54, 1.807) is 51.3 Å². The van der Waals surface area contributed by atoms with Crippen LogP contribution in [0.2, 0.25) is 0 Å². The highest BCUT2D eigenvalue weighted by atomic mass is 32.2. The number of hydrogen-bond donors (Lipinski definition) is 1. The molecule has 3 fully saturated rings. The van der Waals surface area contributed by atoms with Gasteiger partial charge in [0.05, 0.1) is 28.4 Å². The van der Waals surface area contributed by atoms with Gasteiger partial charge in [0.15, 0.2) is 9.84 Å². The van der Waals surface area contributed by atoms with E-state index in [2.05, 4.69) is 43.3 Å². The van der Waals surface area contributed by atoms with Gasteiger partial charge in [-0.3, -0.25) is 39.1 Å². The molecule has 0 spiro atoms. The number of rotatable bonds is 16. The average Bonchev–Trinajstić information content (AvgIpc) is 3.57. The Kier molecular flexibility index (Phi) is 14.2. The number of aryl methyl sites for hydroxylation is 1. The first-order valence-corrected chi connectivity index (χ1v) is 24.6. The van der Waals surface area contributed by atoms with E-state index in [1.807, 2.05) is 17.0 Å². The molecule has 1 N–H and O–H groups in total. The number of carbonyl (C=O) groups is 5. The minimum Gasteiger partial charge on any atom is -0.496 e. The predicted molar refractivity (Wildman–Crippen MR) is 246 cm³/mol. The number of anilines is 1. The molecule has 0 saturated carbocycles. The summed E-state index contributed by atoms with van der Waals surface area (Å²) in [6, 6.07) is 17.9. The summed E-state index contributed by atoms with van der Waals surface area (Å²) in [5.74, 6) is -0.0322. The lowest BCUT2D eigenvalue weighted by Crippen LogP contribution is -2.54. The lowest BCUT2D eigenvalue weighted by molar-refractivity contribution is -0.136. The second-order valence-corrected chi connectivity index (χ2v) is 20.3. The van der Waals surface area contributed by atoms with Crippen LogP contribution in [0.1, 0.15) is 114 Å². The zero-order chi connectivity index (χ0) is 46.5. The highest BCUT2D eigenvalue weighted by molar-refractivity contribution is 7.92. The van der Waals surface area contributed by atoms with Gasteiger partial charge in [0.25, 0.3) is 11.8 Å². The summed E-state index contributed by atoms with van der Waals surface area (Å²) in [5.41, 5.74) is 4.08. The van der Waals surface area contributed by atoms with Crippen LogP contribution in [-0.2, 0) is 43.5 Å². The Morgan fingerprint density at radius 2 is 1.52 bits per heavy atom. The molecule has 5 amide bonds. The molecule has 4 aliphatic heterocycles. The number of piperazine rings is 1. The molecule has 0 aliphatic carbocycles. The number of fused-ring (bicyclic) bond motifs is 1. The van der Waals surface area contributed by atoms with Gasteiger partial charge in [-0.05, 0) is 81.7 Å². The molecule has 1 unspecified atom stereocenters. The summed E-state index contributed by atoms with van der Waals surface area (Å²) in [6.45, 7) is 8.30. The fraction of sp³-hybridized carbons (Fsp3) is 0.469. The molecule has 5 heterocycles. The fourth-order valence-electron chi connectivity index (χ4n) is 9.68. The molecular weight excluding hydrogens is 861 g/mol. The minimum atomic E-state index is -3.47. The van der Waals surface area contributed by atoms with E-state index in [1.165, 1.54) is 6.33 Å². The Morgan fingerprint density at radius 3 is 2.23 bits per heavy atom. The molecule has 1 aromatic heterocycles. The van der Waals surface area contributed by atoms with Crippen LogP contribution in [0.3, 0.4) is 0 Å². The first kappa shape index (κ1) is 46.5. The van der Waals surface area contributed by atoms with E-state index >= 15 is 0 Å². The highest BCUT2D eigenvalue weighted by Crippen LogP contribution is 2.32. The van der Waals surface area contributed by atoms with Gasteiger partial charge in [0.2, 0.25) is 17.7 Å². The number of hydrogen-bond acceptors (Lipinski definition) is 13. The Morgan fingerprint density at radius 1 is 0.803 bits per heavy atom. The molecular formula is C49H58N8O8S. The van der Waals surface area contributed by atoms with Gasteiger partial charge in [0.1, 0.15) is 29.8 Å². The molecule has 3 saturated heterocycles. The number of aromatic nitrogens is 3. The van der Waals surface area contributed by atoms with E-state index in [9.17, 15) is 32.4 Å². The lowest BCUT2D eigenvalue weighted by Gasteiger charge is -2.43. The van der Waals surface area contributed by atoms with Gasteiger partial charge in [-0.25, -0.2) is 23.4 Å². The first-order chi connectivity index (χ1) is 31.8. The number of piperidine rings is 2. The van der Waals surface area contributed by atoms with Gasteiger partial charge < -0.3 is 14.5 Å². The number of nitrogens with zero attached hydrogens (tertiary/aromatic N) is 7. The second kappa shape index (κ2) is 20.2. The normalized spacial score (nSPS) is 18.5. The van der Waals surface area contributed by atoms with Crippen molar-refractivity contribution in [3.63, 3.8) is 0 Å². The molecule has 16 nitrogen and oxygen atoms in total. The quantitative estimate of drug-likeness (QED) is 0.122. The number of amides is 5. The van der Waals surface area contributed by atoms with Crippen molar-refractivity contribution < 1.29 is 37.1 Å². The zero-order valence-electron chi connectivity index (χ0n) is 37.9. The van der Waals surface area contributed by atoms with Crippen molar-refractivity contribution >= 4 is 45.1 Å². The van der Waals surface area contributed by atoms with Gasteiger partial charge in [-0.2, -0.15) is 0 Å². The number of nitrogens with one attached hydrogen (secondary N) is 1. The summed E-state index contributed by atoms with van der Waals surface area (Å²) in [5, 5.41) is 1.70. The number of methoxy groups -OCH3 is 1. The molecule has 8 rings (SSSR count). The van der Waals surface area contributed by atoms with E-state index in [0.29, 0.717) is 71.6 Å². The topological polar surface area (TPSA) is 192 Å². The number of carbonyl (C=O) groups excluding carboxylic acids is 5. The third-order valence-corrected chi connectivity index (χ3v) is 15.7. The molecule has 3 aromatic carbocycles. The summed E-state index contributed by atoms with van der Waals surface area (Å²) in [6.07, 6.45) is 7.74. The number of unbranched alkanes of at least 4 members (excludes halogenated alkanes) is 2. The van der Waals surface area contributed by atoms with E-state index in [4.69, 9.17) is 9.72 Å². The third kappa shape index (κ3) is 10.0. The van der Waals surface area contributed by atoms with Crippen LogP contribution in [-0.4, -0.2) is 131 Å². The highest BCUT2D eigenvalue weighted by Gasteiger charge is 2.45. The number of imide groups is 2. The number of benzene rings is 3. The Hall–Kier alpha value is -6.07. The molecule has 4 aliphatic rings. The lowest BCUT2D eigenvalue weighted by atomic mass is 9.97. The molecule has 0 bridgehead atoms. The van der Waals surface area contributed by atoms with Crippen molar-refractivity contribution in [2.75, 3.05) is 51.3 Å². The number of ether oxygens (including phenoxy) is 1. The van der Waals surface area contributed by atoms with Crippen LogP contribution >= 0.6 is 0 Å². The summed E-state index contributed by atoms with van der Waals surface area (Å²) in [4.78, 5) is 85.6. The summed E-state index contributed by atoms with van der Waals surface area (Å²) >= 11 is 0. The van der Waals surface area contributed by atoms with E-state index < -0.39 is 44.8 Å². The molecule has 4 aromatic rings. The van der Waals surface area contributed by atoms with Crippen LogP contribution < -0.4 is 15.0 Å². The SMILES string of the molecule is COc1cc(N2CCC(N3CCN(C(=O)CCCCCc4cccc5c4C(=O)N(C4CCC(=O)NC4=O)C5=O)CC3)CC2)ccc1Cc1ncnc(Cc2ccccc2S(=O)(=O)C(C)C)n1. The van der Waals surface area contributed by atoms with Crippen molar-refractivity contribution in [2.24, 2.45) is 0 Å². The third-order valence-electron chi connectivity index (χ3n) is 13.4. The smallest absolute Gasteiger partial charge is 0.262 e. The monoisotopic (exact) mass is 918 g/mol. The maximum atomic E-state index is 13.4. The zero-order valence-corrected chi connectivity index (χ0v) is 38.7. The molecule has 17 heteroatoms. The standard InChI is InChI=1S/C49H58N8O8S/c1-32(2)66(63,64)41-14-8-7-11-35(41)29-43-51-31-50-42(52-43)28-34-16-17-37(30-40(34)65-3)54-22-20-36(21-23-54)55-24-26-56(27-25-55)45(59)15-6-4-5-10-33-12-9-13-38-46(33)49(62)57(48(38)61)39-18-19-44(58)53-47(39)60/h7-9,11-14,16-17,30-32,36,39H,4-6,10,15,18-29H2,1-3H3,(H,53,58,60). The minimum absolute atomic E-state index is 0.0757. The van der Waals surface area contributed by atoms with Crippen molar-refractivity contribution in [3.8, 4) is 5.75 Å². The molecule has 1 atom stereocenters. The molecule has 66 heavy (non-hydrogen) atoms. The summed E-state index contributed by atoms with van der Waals surface area (Å²) in [7, 11) is -1.81. The Bertz CT molecular complexity index is 2610. The van der Waals surface area contributed by atoms with Crippen LogP contribution in [0, 0.1) is 0 Å². The van der Waals surface area contributed by atoms with Crippen LogP contribution in [0.4, 0.5) is 5.69 Å². The van der Waals surface area contributed by atoms with Crippen molar-refractivity contribution in [2.45, 2.75) is 107 Å². The van der Waals surface area contributed by atoms with E-state index in [-0.39, 0.29) is 25.2 Å². The van der Waals surface area contributed by atoms with Crippen molar-refractivity contribution in [3.05, 3.63) is 106 Å². The maximum Gasteiger partial charge on any atom is 0.262 e. The van der Waals surface area contributed by atoms with Crippen molar-refractivity contribution in [1.82, 2.24) is 35.0 Å². The van der Waals surface area contributed by atoms with Gasteiger partial charge in [0, 0.05) is 88.3 Å². The van der Waals surface area contributed by atoms with Gasteiger partial charge in [-0.1, -0.05) is 42.8 Å². The first-order valence-electron chi connectivity index (χ1n) is 23.1. The number of sulfone groups is 1. The molecule has 348 valence electrons. The second-order valence-electron chi connectivity index (χ2n) is 17.9. The average molecular weight is 919 g/mol. The Labute approximate surface area is 386 Å². The van der Waals surface area contributed by atoms with Crippen molar-refractivity contribution in [1.29, 1.82) is 0 Å². The van der Waals surface area contributed by atoms with Crippen LogP contribution in [0.25, 0.3) is 0 Å². The fourth-order valence-corrected chi connectivity index (χ4v) is 11.0. The van der Waals surface area contributed by atoms with Crippen LogP contribution in [0.15, 0.2) is 71.9 Å². The molecule has 0 radical (unpaired) electrons. The van der Waals surface area contributed by atoms with E-state index in [0.717, 1.165) is 85.7 Å².